The molecule has 0 spiro atoms. The number of nitrogens with one attached hydrogen (secondary N) is 1. The van der Waals surface area contributed by atoms with Gasteiger partial charge in [-0.1, -0.05) is 12.1 Å². The molecule has 1 aromatic heterocycles. The third-order valence-corrected chi connectivity index (χ3v) is 5.86. The lowest BCUT2D eigenvalue weighted by Gasteiger charge is -2.25. The zero-order valence-electron chi connectivity index (χ0n) is 16.6. The van der Waals surface area contributed by atoms with E-state index >= 15 is 0 Å². The Morgan fingerprint density at radius 1 is 1.28 bits per heavy atom. The molecular weight excluding hydrogens is 372 g/mol. The first kappa shape index (κ1) is 19.6. The molecule has 2 amide bonds. The summed E-state index contributed by atoms with van der Waals surface area (Å²) in [7, 11) is 0. The molecule has 2 atom stereocenters. The number of carbonyl (C=O) groups excluding carboxylic acids is 2. The van der Waals surface area contributed by atoms with Crippen LogP contribution in [0.3, 0.4) is 0 Å². The maximum atomic E-state index is 12.8. The molecule has 2 fully saturated rings. The highest BCUT2D eigenvalue weighted by Gasteiger charge is 2.47. The number of nitrogens with zero attached hydrogens (tertiary/aromatic N) is 3. The van der Waals surface area contributed by atoms with E-state index in [9.17, 15) is 14.4 Å². The molecule has 1 N–H and O–H groups in total. The Morgan fingerprint density at radius 2 is 2.10 bits per heavy atom. The molecule has 0 unspecified atom stereocenters. The molecule has 8 nitrogen and oxygen atoms in total. The number of carbonyl (C=O) groups is 2. The Bertz CT molecular complexity index is 973. The fraction of sp³-hybridized carbons (Fsp3) is 0.524. The van der Waals surface area contributed by atoms with Crippen molar-refractivity contribution < 1.29 is 14.3 Å². The van der Waals surface area contributed by atoms with Crippen LogP contribution in [0.1, 0.15) is 31.9 Å². The molecule has 154 valence electrons. The van der Waals surface area contributed by atoms with Crippen molar-refractivity contribution in [1.82, 2.24) is 19.8 Å². The monoisotopic (exact) mass is 398 g/mol. The van der Waals surface area contributed by atoms with E-state index < -0.39 is 0 Å². The van der Waals surface area contributed by atoms with E-state index in [0.717, 1.165) is 6.42 Å². The highest BCUT2D eigenvalue weighted by atomic mass is 16.5. The zero-order chi connectivity index (χ0) is 20.4. The number of ether oxygens (including phenoxy) is 1. The number of hydrogen-bond donors (Lipinski definition) is 1. The summed E-state index contributed by atoms with van der Waals surface area (Å²) in [6, 6.07) is 7.35. The first-order valence-electron chi connectivity index (χ1n) is 10.2. The molecule has 0 radical (unpaired) electrons. The van der Waals surface area contributed by atoms with Gasteiger partial charge in [-0.15, -0.1) is 0 Å². The van der Waals surface area contributed by atoms with Gasteiger partial charge in [0.1, 0.15) is 5.69 Å². The lowest BCUT2D eigenvalue weighted by molar-refractivity contribution is -0.132. The van der Waals surface area contributed by atoms with Gasteiger partial charge in [0.2, 0.25) is 11.8 Å². The summed E-state index contributed by atoms with van der Waals surface area (Å²) in [5.41, 5.74) is 1.51. The maximum absolute atomic E-state index is 12.8. The number of aromatic amines is 1. The lowest BCUT2D eigenvalue weighted by Crippen LogP contribution is -2.41. The number of fused-ring (bicyclic) bond motifs is 2. The Balaban J connectivity index is 1.39. The fourth-order valence-corrected chi connectivity index (χ4v) is 4.44. The number of H-pyrrole nitrogens is 1. The van der Waals surface area contributed by atoms with E-state index in [1.54, 1.807) is 6.07 Å². The van der Waals surface area contributed by atoms with Crippen molar-refractivity contribution in [3.8, 4) is 0 Å². The van der Waals surface area contributed by atoms with Crippen molar-refractivity contribution in [2.45, 2.75) is 44.7 Å². The van der Waals surface area contributed by atoms with E-state index in [4.69, 9.17) is 4.74 Å². The largest absolute Gasteiger partial charge is 0.380 e. The number of aryl methyl sites for hydroxylation is 1. The van der Waals surface area contributed by atoms with Crippen LogP contribution in [0.5, 0.6) is 0 Å². The van der Waals surface area contributed by atoms with E-state index in [1.807, 2.05) is 34.9 Å². The Hall–Kier alpha value is -2.74. The molecule has 2 aromatic rings. The van der Waals surface area contributed by atoms with Gasteiger partial charge in [-0.25, -0.2) is 4.98 Å². The SMILES string of the molecule is CCOCCN1C(=O)C[C@H]2[C@@H]1CCN2C(=O)CCc1nc2ccccc2[nH]c1=O. The summed E-state index contributed by atoms with van der Waals surface area (Å²) in [6.45, 7) is 4.30. The molecule has 29 heavy (non-hydrogen) atoms. The molecule has 4 rings (SSSR count). The standard InChI is InChI=1S/C21H26N4O4/c1-2-29-12-11-25-17-9-10-24(18(17)13-20(25)27)19(26)8-7-16-21(28)23-15-6-4-3-5-14(15)22-16/h3-6,17-18H,2,7-13H2,1H3,(H,23,28)/t17-,18-/m0/s1. The highest BCUT2D eigenvalue weighted by molar-refractivity contribution is 5.84. The Kier molecular flexibility index (Phi) is 5.62. The van der Waals surface area contributed by atoms with Gasteiger partial charge in [-0.2, -0.15) is 0 Å². The smallest absolute Gasteiger partial charge is 0.270 e. The Morgan fingerprint density at radius 3 is 2.93 bits per heavy atom. The van der Waals surface area contributed by atoms with E-state index in [0.29, 0.717) is 49.5 Å². The third kappa shape index (κ3) is 3.89. The van der Waals surface area contributed by atoms with Gasteiger partial charge in [-0.3, -0.25) is 14.4 Å². The van der Waals surface area contributed by atoms with Crippen LogP contribution in [0.25, 0.3) is 11.0 Å². The zero-order valence-corrected chi connectivity index (χ0v) is 16.6. The molecule has 1 aromatic carbocycles. The fourth-order valence-electron chi connectivity index (χ4n) is 4.44. The number of benzene rings is 1. The minimum atomic E-state index is -0.256. The highest BCUT2D eigenvalue weighted by Crippen LogP contribution is 2.32. The summed E-state index contributed by atoms with van der Waals surface area (Å²) in [4.78, 5) is 48.4. The molecule has 0 saturated carbocycles. The summed E-state index contributed by atoms with van der Waals surface area (Å²) >= 11 is 0. The normalized spacial score (nSPS) is 21.2. The lowest BCUT2D eigenvalue weighted by atomic mass is 10.1. The second-order valence-electron chi connectivity index (χ2n) is 7.53. The van der Waals surface area contributed by atoms with Crippen LogP contribution in [-0.4, -0.2) is 70.0 Å². The number of rotatable bonds is 7. The molecule has 0 aliphatic carbocycles. The quantitative estimate of drug-likeness (QED) is 0.705. The predicted molar refractivity (Wildman–Crippen MR) is 107 cm³/mol. The molecule has 2 aliphatic heterocycles. The minimum absolute atomic E-state index is 0.0219. The van der Waals surface area contributed by atoms with Gasteiger partial charge < -0.3 is 19.5 Å². The van der Waals surface area contributed by atoms with Gasteiger partial charge in [0.15, 0.2) is 0 Å². The van der Waals surface area contributed by atoms with Gasteiger partial charge >= 0.3 is 0 Å². The Labute approximate surface area is 168 Å². The van der Waals surface area contributed by atoms with Crippen LogP contribution in [0, 0.1) is 0 Å². The molecule has 0 bridgehead atoms. The van der Waals surface area contributed by atoms with Crippen molar-refractivity contribution >= 4 is 22.8 Å². The second kappa shape index (κ2) is 8.32. The van der Waals surface area contributed by atoms with Crippen LogP contribution >= 0.6 is 0 Å². The van der Waals surface area contributed by atoms with E-state index in [1.165, 1.54) is 0 Å². The van der Waals surface area contributed by atoms with E-state index in [2.05, 4.69) is 9.97 Å². The van der Waals surface area contributed by atoms with Crippen LogP contribution in [0.2, 0.25) is 0 Å². The van der Waals surface area contributed by atoms with Crippen molar-refractivity contribution in [1.29, 1.82) is 0 Å². The molecule has 2 saturated heterocycles. The summed E-state index contributed by atoms with van der Waals surface area (Å²) < 4.78 is 5.38. The van der Waals surface area contributed by atoms with Gasteiger partial charge in [0, 0.05) is 39.0 Å². The number of para-hydroxylation sites is 2. The van der Waals surface area contributed by atoms with Crippen molar-refractivity contribution in [3.63, 3.8) is 0 Å². The predicted octanol–water partition coefficient (Wildman–Crippen LogP) is 1.09. The van der Waals surface area contributed by atoms with Crippen LogP contribution in [0.15, 0.2) is 29.1 Å². The molecule has 8 heteroatoms. The maximum Gasteiger partial charge on any atom is 0.270 e. The summed E-state index contributed by atoms with van der Waals surface area (Å²) in [5.74, 6) is 0.0659. The van der Waals surface area contributed by atoms with Crippen molar-refractivity contribution in [3.05, 3.63) is 40.3 Å². The molecule has 3 heterocycles. The second-order valence-corrected chi connectivity index (χ2v) is 7.53. The topological polar surface area (TPSA) is 95.6 Å². The number of likely N-dealkylation sites (tertiary alicyclic amines) is 2. The van der Waals surface area contributed by atoms with Crippen molar-refractivity contribution in [2.75, 3.05) is 26.3 Å². The average Bonchev–Trinajstić information content (AvgIpc) is 3.25. The van der Waals surface area contributed by atoms with E-state index in [-0.39, 0.29) is 42.3 Å². The first-order chi connectivity index (χ1) is 14.1. The summed E-state index contributed by atoms with van der Waals surface area (Å²) in [6.07, 6.45) is 1.67. The average molecular weight is 398 g/mol. The van der Waals surface area contributed by atoms with Crippen LogP contribution in [-0.2, 0) is 20.7 Å². The van der Waals surface area contributed by atoms with Crippen molar-refractivity contribution in [2.24, 2.45) is 0 Å². The number of amides is 2. The van der Waals surface area contributed by atoms with Gasteiger partial charge in [0.05, 0.1) is 29.7 Å². The number of hydrogen-bond acceptors (Lipinski definition) is 5. The molecular formula is C21H26N4O4. The summed E-state index contributed by atoms with van der Waals surface area (Å²) in [5, 5.41) is 0. The van der Waals surface area contributed by atoms with Gasteiger partial charge in [0.25, 0.3) is 5.56 Å². The molecule has 2 aliphatic rings. The number of aromatic nitrogens is 2. The minimum Gasteiger partial charge on any atom is -0.380 e. The van der Waals surface area contributed by atoms with Gasteiger partial charge in [-0.05, 0) is 25.5 Å². The van der Waals surface area contributed by atoms with Crippen LogP contribution < -0.4 is 5.56 Å². The van der Waals surface area contributed by atoms with Crippen LogP contribution in [0.4, 0.5) is 0 Å². The first-order valence-corrected chi connectivity index (χ1v) is 10.2. The third-order valence-electron chi connectivity index (χ3n) is 5.86.